The van der Waals surface area contributed by atoms with Gasteiger partial charge in [-0.1, -0.05) is 6.08 Å². The van der Waals surface area contributed by atoms with Crippen LogP contribution in [0.15, 0.2) is 9.47 Å². The van der Waals surface area contributed by atoms with Crippen LogP contribution in [0.4, 0.5) is 0 Å². The normalized spacial score (nSPS) is 26.7. The standard InChI is InChI=1S/C10H14Br2O2/c11-9(12)7-8-1-3-10(4-2-8)13-5-6-14-10/h7-8H,1-6H2. The van der Waals surface area contributed by atoms with Crippen LogP contribution in [-0.4, -0.2) is 19.0 Å². The van der Waals surface area contributed by atoms with Gasteiger partial charge in [0.1, 0.15) is 0 Å². The molecule has 0 aromatic heterocycles. The van der Waals surface area contributed by atoms with Gasteiger partial charge in [-0.05, 0) is 50.6 Å². The van der Waals surface area contributed by atoms with Crippen LogP contribution in [0.3, 0.4) is 0 Å². The van der Waals surface area contributed by atoms with Gasteiger partial charge in [-0.25, -0.2) is 0 Å². The highest BCUT2D eigenvalue weighted by Crippen LogP contribution is 2.39. The van der Waals surface area contributed by atoms with Gasteiger partial charge in [0, 0.05) is 12.8 Å². The van der Waals surface area contributed by atoms with E-state index in [1.54, 1.807) is 0 Å². The molecule has 0 unspecified atom stereocenters. The van der Waals surface area contributed by atoms with Gasteiger partial charge in [0.25, 0.3) is 0 Å². The number of hydrogen-bond donors (Lipinski definition) is 0. The lowest BCUT2D eigenvalue weighted by molar-refractivity contribution is -0.180. The second kappa shape index (κ2) is 4.64. The van der Waals surface area contributed by atoms with Crippen molar-refractivity contribution in [2.24, 2.45) is 5.92 Å². The molecule has 2 rings (SSSR count). The summed E-state index contributed by atoms with van der Waals surface area (Å²) in [6.45, 7) is 1.53. The van der Waals surface area contributed by atoms with E-state index in [9.17, 15) is 0 Å². The zero-order valence-electron chi connectivity index (χ0n) is 7.97. The quantitative estimate of drug-likeness (QED) is 0.734. The maximum Gasteiger partial charge on any atom is 0.168 e. The van der Waals surface area contributed by atoms with Crippen LogP contribution in [0.5, 0.6) is 0 Å². The summed E-state index contributed by atoms with van der Waals surface area (Å²) in [6.07, 6.45) is 6.59. The van der Waals surface area contributed by atoms with E-state index < -0.39 is 0 Å². The zero-order chi connectivity index (χ0) is 10.0. The molecule has 1 saturated heterocycles. The van der Waals surface area contributed by atoms with E-state index in [0.717, 1.165) is 42.3 Å². The first-order chi connectivity index (χ1) is 6.70. The summed E-state index contributed by atoms with van der Waals surface area (Å²) in [4.78, 5) is 0. The molecule has 2 aliphatic rings. The van der Waals surface area contributed by atoms with Crippen molar-refractivity contribution in [3.63, 3.8) is 0 Å². The average Bonchev–Trinajstić information content (AvgIpc) is 2.58. The van der Waals surface area contributed by atoms with Crippen molar-refractivity contribution in [3.8, 4) is 0 Å². The fraction of sp³-hybridized carbons (Fsp3) is 0.800. The molecule has 0 aromatic carbocycles. The molecule has 0 radical (unpaired) electrons. The first kappa shape index (κ1) is 11.1. The largest absolute Gasteiger partial charge is 0.348 e. The van der Waals surface area contributed by atoms with E-state index in [-0.39, 0.29) is 5.79 Å². The molecule has 4 heteroatoms. The van der Waals surface area contributed by atoms with Crippen LogP contribution >= 0.6 is 31.9 Å². The van der Waals surface area contributed by atoms with Crippen molar-refractivity contribution in [3.05, 3.63) is 9.47 Å². The Bertz CT molecular complexity index is 220. The average molecular weight is 326 g/mol. The Morgan fingerprint density at radius 1 is 1.14 bits per heavy atom. The van der Waals surface area contributed by atoms with Crippen molar-refractivity contribution in [1.29, 1.82) is 0 Å². The van der Waals surface area contributed by atoms with E-state index in [1.807, 2.05) is 0 Å². The molecule has 1 saturated carbocycles. The lowest BCUT2D eigenvalue weighted by atomic mass is 9.85. The molecular weight excluding hydrogens is 312 g/mol. The number of halogens is 2. The molecule has 80 valence electrons. The fourth-order valence-corrected chi connectivity index (χ4v) is 2.96. The van der Waals surface area contributed by atoms with Gasteiger partial charge in [0.05, 0.1) is 16.6 Å². The summed E-state index contributed by atoms with van der Waals surface area (Å²) in [6, 6.07) is 0. The van der Waals surface area contributed by atoms with Gasteiger partial charge in [0.2, 0.25) is 0 Å². The Hall–Kier alpha value is 0.620. The SMILES string of the molecule is BrC(Br)=CC1CCC2(CC1)OCCO2. The molecule has 1 aliphatic heterocycles. The predicted octanol–water partition coefficient (Wildman–Crippen LogP) is 3.55. The summed E-state index contributed by atoms with van der Waals surface area (Å²) in [5.74, 6) is 0.436. The first-order valence-electron chi connectivity index (χ1n) is 5.01. The minimum absolute atomic E-state index is 0.219. The minimum Gasteiger partial charge on any atom is -0.348 e. The molecule has 0 aromatic rings. The minimum atomic E-state index is -0.219. The highest BCUT2D eigenvalue weighted by atomic mass is 79.9. The summed E-state index contributed by atoms with van der Waals surface area (Å²) in [5.41, 5.74) is 0. The lowest BCUT2D eigenvalue weighted by Gasteiger charge is -2.34. The molecule has 1 spiro atoms. The van der Waals surface area contributed by atoms with Crippen LogP contribution in [0.2, 0.25) is 0 Å². The maximum atomic E-state index is 5.67. The zero-order valence-corrected chi connectivity index (χ0v) is 11.1. The van der Waals surface area contributed by atoms with Crippen molar-refractivity contribution in [1.82, 2.24) is 0 Å². The Balaban J connectivity index is 1.88. The number of allylic oxidation sites excluding steroid dienone is 1. The van der Waals surface area contributed by atoms with Crippen molar-refractivity contribution >= 4 is 31.9 Å². The van der Waals surface area contributed by atoms with Gasteiger partial charge < -0.3 is 9.47 Å². The van der Waals surface area contributed by atoms with Crippen LogP contribution in [-0.2, 0) is 9.47 Å². The predicted molar refractivity (Wildman–Crippen MR) is 62.5 cm³/mol. The van der Waals surface area contributed by atoms with E-state index in [0.29, 0.717) is 5.92 Å². The number of rotatable bonds is 1. The summed E-state index contributed by atoms with van der Waals surface area (Å²) < 4.78 is 12.4. The molecular formula is C10H14Br2O2. The van der Waals surface area contributed by atoms with Gasteiger partial charge in [-0.2, -0.15) is 0 Å². The maximum absolute atomic E-state index is 5.67. The monoisotopic (exact) mass is 324 g/mol. The van der Waals surface area contributed by atoms with Crippen LogP contribution in [0.25, 0.3) is 0 Å². The van der Waals surface area contributed by atoms with Gasteiger partial charge >= 0.3 is 0 Å². The van der Waals surface area contributed by atoms with Crippen molar-refractivity contribution in [2.75, 3.05) is 13.2 Å². The Labute approximate surface area is 101 Å². The highest BCUT2D eigenvalue weighted by molar-refractivity contribution is 9.28. The Kier molecular flexibility index (Phi) is 3.68. The highest BCUT2D eigenvalue weighted by Gasteiger charge is 2.39. The molecule has 0 atom stereocenters. The molecule has 2 nitrogen and oxygen atoms in total. The molecule has 0 amide bonds. The summed E-state index contributed by atoms with van der Waals surface area (Å²) >= 11 is 6.80. The molecule has 14 heavy (non-hydrogen) atoms. The molecule has 1 aliphatic carbocycles. The second-order valence-corrected chi connectivity index (χ2v) is 6.67. The third kappa shape index (κ3) is 2.60. The topological polar surface area (TPSA) is 18.5 Å². The smallest absolute Gasteiger partial charge is 0.168 e. The number of hydrogen-bond acceptors (Lipinski definition) is 2. The van der Waals surface area contributed by atoms with Crippen molar-refractivity contribution < 1.29 is 9.47 Å². The second-order valence-electron chi connectivity index (χ2n) is 3.90. The van der Waals surface area contributed by atoms with E-state index in [4.69, 9.17) is 9.47 Å². The molecule has 1 heterocycles. The first-order valence-corrected chi connectivity index (χ1v) is 6.60. The molecule has 0 bridgehead atoms. The van der Waals surface area contributed by atoms with Gasteiger partial charge in [-0.3, -0.25) is 0 Å². The Morgan fingerprint density at radius 3 is 2.21 bits per heavy atom. The molecule has 2 fully saturated rings. The third-order valence-electron chi connectivity index (χ3n) is 2.97. The van der Waals surface area contributed by atoms with E-state index >= 15 is 0 Å². The van der Waals surface area contributed by atoms with Gasteiger partial charge in [-0.15, -0.1) is 0 Å². The van der Waals surface area contributed by atoms with E-state index in [2.05, 4.69) is 37.9 Å². The fourth-order valence-electron chi connectivity index (χ4n) is 2.21. The van der Waals surface area contributed by atoms with E-state index in [1.165, 1.54) is 0 Å². The van der Waals surface area contributed by atoms with Crippen LogP contribution in [0.1, 0.15) is 25.7 Å². The van der Waals surface area contributed by atoms with Crippen LogP contribution < -0.4 is 0 Å². The number of ether oxygens (including phenoxy) is 2. The molecule has 0 N–H and O–H groups in total. The summed E-state index contributed by atoms with van der Waals surface area (Å²) in [7, 11) is 0. The van der Waals surface area contributed by atoms with Crippen LogP contribution in [0, 0.1) is 5.92 Å². The van der Waals surface area contributed by atoms with Crippen molar-refractivity contribution in [2.45, 2.75) is 31.5 Å². The lowest BCUT2D eigenvalue weighted by Crippen LogP contribution is -2.34. The Morgan fingerprint density at radius 2 is 1.71 bits per heavy atom. The third-order valence-corrected chi connectivity index (χ3v) is 3.50. The summed E-state index contributed by atoms with van der Waals surface area (Å²) in [5, 5.41) is 0. The van der Waals surface area contributed by atoms with Gasteiger partial charge in [0.15, 0.2) is 5.79 Å².